The van der Waals surface area contributed by atoms with Crippen molar-refractivity contribution >= 4 is 5.91 Å². The van der Waals surface area contributed by atoms with E-state index in [0.717, 1.165) is 19.0 Å². The molecule has 2 aliphatic heterocycles. The molecule has 3 N–H and O–H groups in total. The maximum Gasteiger partial charge on any atom is 0.395 e. The molecule has 2 saturated heterocycles. The van der Waals surface area contributed by atoms with Crippen molar-refractivity contribution < 1.29 is 28.2 Å². The van der Waals surface area contributed by atoms with Crippen LogP contribution in [0.3, 0.4) is 0 Å². The first kappa shape index (κ1) is 26.6. The summed E-state index contributed by atoms with van der Waals surface area (Å²) in [5, 5.41) is 25.0. The monoisotopic (exact) mass is 527 g/mol. The third-order valence-electron chi connectivity index (χ3n) is 7.64. The van der Waals surface area contributed by atoms with Gasteiger partial charge in [-0.1, -0.05) is 60.7 Å². The largest absolute Gasteiger partial charge is 0.395 e. The number of rotatable bonds is 7. The van der Waals surface area contributed by atoms with Gasteiger partial charge in [0.25, 0.3) is 5.91 Å². The van der Waals surface area contributed by atoms with Crippen LogP contribution in [0.2, 0.25) is 0 Å². The van der Waals surface area contributed by atoms with Gasteiger partial charge >= 0.3 is 6.18 Å². The average Bonchev–Trinajstić information content (AvgIpc) is 3.38. The van der Waals surface area contributed by atoms with Gasteiger partial charge in [0.15, 0.2) is 0 Å². The van der Waals surface area contributed by atoms with Crippen LogP contribution in [0.15, 0.2) is 78.4 Å². The highest BCUT2D eigenvalue weighted by molar-refractivity contribution is 5.94. The van der Waals surface area contributed by atoms with Crippen molar-refractivity contribution in [1.29, 1.82) is 0 Å². The number of amides is 1. The third kappa shape index (κ3) is 5.86. The number of nitrogens with one attached hydrogen (secondary N) is 1. The number of carbonyl (C=O) groups is 1. The van der Waals surface area contributed by atoms with E-state index >= 15 is 0 Å². The Kier molecular flexibility index (Phi) is 7.72. The van der Waals surface area contributed by atoms with Gasteiger partial charge in [0, 0.05) is 43.8 Å². The molecule has 2 aromatic rings. The van der Waals surface area contributed by atoms with Gasteiger partial charge in [-0.15, -0.1) is 0 Å². The SMILES string of the molecule is O=C(c1ccccc1)N1CC[C@H](NC2CN(C(O)c3ccc(C(O)C4=CCC(C(F)(F)F)C=C4)cc3)C2)C1. The lowest BCUT2D eigenvalue weighted by atomic mass is 9.91. The second kappa shape index (κ2) is 11.0. The van der Waals surface area contributed by atoms with Crippen molar-refractivity contribution in [3.05, 3.63) is 95.1 Å². The van der Waals surface area contributed by atoms with Crippen molar-refractivity contribution in [2.24, 2.45) is 5.92 Å². The van der Waals surface area contributed by atoms with Gasteiger partial charge in [-0.2, -0.15) is 13.2 Å². The molecular weight excluding hydrogens is 495 g/mol. The third-order valence-corrected chi connectivity index (χ3v) is 7.64. The first-order chi connectivity index (χ1) is 18.2. The molecule has 9 heteroatoms. The minimum Gasteiger partial charge on any atom is -0.384 e. The Bertz CT molecular complexity index is 1180. The highest BCUT2D eigenvalue weighted by Gasteiger charge is 2.38. The Hall–Kier alpha value is -2.98. The van der Waals surface area contributed by atoms with E-state index in [1.165, 1.54) is 12.2 Å². The summed E-state index contributed by atoms with van der Waals surface area (Å²) in [6, 6.07) is 16.6. The first-order valence-electron chi connectivity index (χ1n) is 12.9. The lowest BCUT2D eigenvalue weighted by molar-refractivity contribution is -0.160. The van der Waals surface area contributed by atoms with Gasteiger partial charge < -0.3 is 20.4 Å². The molecule has 3 aliphatic rings. The number of nitrogens with zero attached hydrogens (tertiary/aromatic N) is 2. The van der Waals surface area contributed by atoms with E-state index < -0.39 is 24.4 Å². The number of aliphatic hydroxyl groups is 2. The van der Waals surface area contributed by atoms with Crippen LogP contribution in [-0.2, 0) is 0 Å². The van der Waals surface area contributed by atoms with Crippen LogP contribution >= 0.6 is 0 Å². The van der Waals surface area contributed by atoms with Gasteiger partial charge in [-0.3, -0.25) is 9.69 Å². The maximum absolute atomic E-state index is 12.9. The summed E-state index contributed by atoms with van der Waals surface area (Å²) in [6.45, 7) is 2.73. The maximum atomic E-state index is 12.9. The standard InChI is InChI=1S/C29H32F3N3O3/c30-29(31,32)23-12-10-20(11-13-23)26(36)19-6-8-22(9-7-19)28(38)35-17-25(18-35)33-24-14-15-34(16-24)27(37)21-4-2-1-3-5-21/h1-12,23-26,28,33,36,38H,13-18H2/t23?,24-,26?,28?/m0/s1. The van der Waals surface area contributed by atoms with Crippen LogP contribution in [0.4, 0.5) is 13.2 Å². The predicted octanol–water partition coefficient (Wildman–Crippen LogP) is 3.96. The highest BCUT2D eigenvalue weighted by atomic mass is 19.4. The molecule has 0 saturated carbocycles. The van der Waals surface area contributed by atoms with Crippen LogP contribution in [0, 0.1) is 5.92 Å². The van der Waals surface area contributed by atoms with Crippen molar-refractivity contribution in [2.45, 2.75) is 43.4 Å². The van der Waals surface area contributed by atoms with Crippen LogP contribution < -0.4 is 5.32 Å². The normalized spacial score (nSPS) is 24.1. The van der Waals surface area contributed by atoms with Gasteiger partial charge in [0.2, 0.25) is 0 Å². The number of allylic oxidation sites excluding steroid dienone is 2. The summed E-state index contributed by atoms with van der Waals surface area (Å²) in [7, 11) is 0. The van der Waals surface area contributed by atoms with E-state index in [1.54, 1.807) is 24.3 Å². The van der Waals surface area contributed by atoms with Crippen LogP contribution in [0.1, 0.15) is 46.7 Å². The van der Waals surface area contributed by atoms with Gasteiger partial charge in [-0.25, -0.2) is 0 Å². The fraction of sp³-hybridized carbons (Fsp3) is 0.414. The molecule has 2 fully saturated rings. The van der Waals surface area contributed by atoms with Crippen LogP contribution in [0.25, 0.3) is 0 Å². The van der Waals surface area contributed by atoms with Crippen LogP contribution in [0.5, 0.6) is 0 Å². The molecule has 38 heavy (non-hydrogen) atoms. The molecule has 2 heterocycles. The summed E-state index contributed by atoms with van der Waals surface area (Å²) in [6.07, 6.45) is -1.53. The molecule has 2 aromatic carbocycles. The van der Waals surface area contributed by atoms with Crippen molar-refractivity contribution in [3.63, 3.8) is 0 Å². The first-order valence-corrected chi connectivity index (χ1v) is 12.9. The summed E-state index contributed by atoms with van der Waals surface area (Å²) in [5.41, 5.74) is 2.38. The Labute approximate surface area is 220 Å². The molecule has 1 amide bonds. The van der Waals surface area contributed by atoms with Gasteiger partial charge in [0.05, 0.1) is 5.92 Å². The Morgan fingerprint density at radius 3 is 2.26 bits per heavy atom. The van der Waals surface area contributed by atoms with E-state index in [-0.39, 0.29) is 24.4 Å². The minimum atomic E-state index is -4.29. The number of aliphatic hydroxyl groups excluding tert-OH is 2. The van der Waals surface area contributed by atoms with Gasteiger partial charge in [0.1, 0.15) is 12.3 Å². The number of hydrogen-bond acceptors (Lipinski definition) is 5. The van der Waals surface area contributed by atoms with E-state index in [1.807, 2.05) is 40.1 Å². The topological polar surface area (TPSA) is 76.0 Å². The number of halogens is 3. The lowest BCUT2D eigenvalue weighted by Crippen LogP contribution is -2.61. The molecule has 202 valence electrons. The Balaban J connectivity index is 1.08. The second-order valence-corrected chi connectivity index (χ2v) is 10.3. The summed E-state index contributed by atoms with van der Waals surface area (Å²) in [5.74, 6) is -1.47. The molecule has 0 aromatic heterocycles. The quantitative estimate of drug-likeness (QED) is 0.508. The molecule has 4 atom stereocenters. The molecule has 0 spiro atoms. The minimum absolute atomic E-state index is 0.0513. The van der Waals surface area contributed by atoms with E-state index in [9.17, 15) is 28.2 Å². The number of alkyl halides is 3. The van der Waals surface area contributed by atoms with E-state index in [2.05, 4.69) is 5.32 Å². The second-order valence-electron chi connectivity index (χ2n) is 10.3. The van der Waals surface area contributed by atoms with E-state index in [4.69, 9.17) is 0 Å². The fourth-order valence-corrected chi connectivity index (χ4v) is 5.33. The zero-order valence-electron chi connectivity index (χ0n) is 20.9. The molecule has 0 radical (unpaired) electrons. The fourth-order valence-electron chi connectivity index (χ4n) is 5.33. The van der Waals surface area contributed by atoms with E-state index in [0.29, 0.717) is 41.9 Å². The molecule has 1 aliphatic carbocycles. The molecule has 6 nitrogen and oxygen atoms in total. The average molecular weight is 528 g/mol. The number of hydrogen-bond donors (Lipinski definition) is 3. The zero-order chi connectivity index (χ0) is 26.9. The number of benzene rings is 2. The Morgan fingerprint density at radius 2 is 1.63 bits per heavy atom. The van der Waals surface area contributed by atoms with Crippen LogP contribution in [-0.4, -0.2) is 70.4 Å². The zero-order valence-corrected chi connectivity index (χ0v) is 20.9. The molecule has 3 unspecified atom stereocenters. The number of likely N-dealkylation sites (tertiary alicyclic amines) is 2. The predicted molar refractivity (Wildman–Crippen MR) is 137 cm³/mol. The molecule has 0 bridgehead atoms. The summed E-state index contributed by atoms with van der Waals surface area (Å²) in [4.78, 5) is 16.5. The molecule has 5 rings (SSSR count). The number of carbonyl (C=O) groups excluding carboxylic acids is 1. The van der Waals surface area contributed by atoms with Crippen molar-refractivity contribution in [2.75, 3.05) is 26.2 Å². The summed E-state index contributed by atoms with van der Waals surface area (Å²) >= 11 is 0. The summed E-state index contributed by atoms with van der Waals surface area (Å²) < 4.78 is 38.6. The Morgan fingerprint density at radius 1 is 0.947 bits per heavy atom. The smallest absolute Gasteiger partial charge is 0.384 e. The van der Waals surface area contributed by atoms with Gasteiger partial charge in [-0.05, 0) is 41.7 Å². The lowest BCUT2D eigenvalue weighted by Gasteiger charge is -2.43. The van der Waals surface area contributed by atoms with Crippen molar-refractivity contribution in [1.82, 2.24) is 15.1 Å². The highest BCUT2D eigenvalue weighted by Crippen LogP contribution is 2.36. The van der Waals surface area contributed by atoms with Crippen molar-refractivity contribution in [3.8, 4) is 0 Å². The molecular formula is C29H32F3N3O3.